The maximum absolute atomic E-state index is 12.3. The lowest BCUT2D eigenvalue weighted by atomic mass is 10.0. The molecule has 0 aliphatic carbocycles. The van der Waals surface area contributed by atoms with E-state index in [9.17, 15) is 14.4 Å². The minimum atomic E-state index is -0.469. The van der Waals surface area contributed by atoms with Crippen molar-refractivity contribution >= 4 is 17.6 Å². The number of imide groups is 1. The Morgan fingerprint density at radius 2 is 2.00 bits per heavy atom. The molecule has 1 aliphatic heterocycles. The van der Waals surface area contributed by atoms with Crippen molar-refractivity contribution in [2.45, 2.75) is 26.8 Å². The van der Waals surface area contributed by atoms with Gasteiger partial charge < -0.3 is 0 Å². The number of piperazine rings is 1. The van der Waals surface area contributed by atoms with Crippen molar-refractivity contribution in [2.24, 2.45) is 0 Å². The highest BCUT2D eigenvalue weighted by atomic mass is 16.2. The van der Waals surface area contributed by atoms with E-state index in [4.69, 9.17) is 0 Å². The van der Waals surface area contributed by atoms with Crippen LogP contribution in [0, 0.1) is 13.8 Å². The maximum atomic E-state index is 12.3. The SMILES string of the molecule is Cc1ccc(C(=O)CN2CC(=O)NC(=O)C2C)cc1C. The quantitative estimate of drug-likeness (QED) is 0.655. The Kier molecular flexibility index (Phi) is 3.99. The van der Waals surface area contributed by atoms with Crippen molar-refractivity contribution < 1.29 is 14.4 Å². The fourth-order valence-corrected chi connectivity index (χ4v) is 2.15. The lowest BCUT2D eigenvalue weighted by Crippen LogP contribution is -2.57. The highest BCUT2D eigenvalue weighted by Crippen LogP contribution is 2.12. The zero-order valence-electron chi connectivity index (χ0n) is 11.9. The number of carbonyl (C=O) groups excluding carboxylic acids is 3. The molecule has 5 nitrogen and oxygen atoms in total. The van der Waals surface area contributed by atoms with Crippen molar-refractivity contribution in [2.75, 3.05) is 13.1 Å². The van der Waals surface area contributed by atoms with Gasteiger partial charge in [-0.15, -0.1) is 0 Å². The smallest absolute Gasteiger partial charge is 0.243 e. The summed E-state index contributed by atoms with van der Waals surface area (Å²) in [7, 11) is 0. The van der Waals surface area contributed by atoms with Crippen LogP contribution in [0.2, 0.25) is 0 Å². The van der Waals surface area contributed by atoms with E-state index in [1.165, 1.54) is 0 Å². The number of benzene rings is 1. The van der Waals surface area contributed by atoms with Crippen molar-refractivity contribution in [3.05, 3.63) is 34.9 Å². The number of carbonyl (C=O) groups is 3. The van der Waals surface area contributed by atoms with Crippen LogP contribution < -0.4 is 5.32 Å². The van der Waals surface area contributed by atoms with Gasteiger partial charge in [0.15, 0.2) is 5.78 Å². The van der Waals surface area contributed by atoms with E-state index in [-0.39, 0.29) is 30.7 Å². The molecule has 5 heteroatoms. The molecule has 0 spiro atoms. The van der Waals surface area contributed by atoms with E-state index in [2.05, 4.69) is 5.32 Å². The van der Waals surface area contributed by atoms with Gasteiger partial charge in [-0.3, -0.25) is 24.6 Å². The second-order valence-corrected chi connectivity index (χ2v) is 5.22. The van der Waals surface area contributed by atoms with E-state index in [1.807, 2.05) is 26.0 Å². The van der Waals surface area contributed by atoms with Gasteiger partial charge in [0.2, 0.25) is 11.8 Å². The number of hydrogen-bond acceptors (Lipinski definition) is 4. The summed E-state index contributed by atoms with van der Waals surface area (Å²) in [6.07, 6.45) is 0. The van der Waals surface area contributed by atoms with E-state index in [1.54, 1.807) is 17.9 Å². The summed E-state index contributed by atoms with van der Waals surface area (Å²) in [4.78, 5) is 36.8. The average molecular weight is 274 g/mol. The standard InChI is InChI=1S/C15H18N2O3/c1-9-4-5-12(6-10(9)2)13(18)7-17-8-14(19)16-15(20)11(17)3/h4-6,11H,7-8H2,1-3H3,(H,16,19,20). The third-order valence-electron chi connectivity index (χ3n) is 3.71. The molecule has 106 valence electrons. The lowest BCUT2D eigenvalue weighted by molar-refractivity contribution is -0.139. The number of ketones is 1. The van der Waals surface area contributed by atoms with Gasteiger partial charge in [-0.05, 0) is 38.0 Å². The van der Waals surface area contributed by atoms with Crippen LogP contribution in [-0.4, -0.2) is 41.6 Å². The minimum absolute atomic E-state index is 0.0722. The molecule has 1 heterocycles. The molecule has 1 aromatic rings. The molecule has 0 saturated carbocycles. The number of nitrogens with one attached hydrogen (secondary N) is 1. The Morgan fingerprint density at radius 1 is 1.30 bits per heavy atom. The van der Waals surface area contributed by atoms with Gasteiger partial charge >= 0.3 is 0 Å². The number of aryl methyl sites for hydroxylation is 2. The van der Waals surface area contributed by atoms with Gasteiger partial charge in [-0.2, -0.15) is 0 Å². The Morgan fingerprint density at radius 3 is 2.65 bits per heavy atom. The molecule has 1 saturated heterocycles. The fraction of sp³-hybridized carbons (Fsp3) is 0.400. The van der Waals surface area contributed by atoms with Crippen molar-refractivity contribution in [1.29, 1.82) is 0 Å². The number of hydrogen-bond donors (Lipinski definition) is 1. The molecule has 0 bridgehead atoms. The molecule has 1 atom stereocenters. The van der Waals surface area contributed by atoms with Crippen molar-refractivity contribution in [1.82, 2.24) is 10.2 Å². The van der Waals surface area contributed by atoms with Gasteiger partial charge in [-0.25, -0.2) is 0 Å². The summed E-state index contributed by atoms with van der Waals surface area (Å²) in [5.41, 5.74) is 2.79. The molecule has 1 aromatic carbocycles. The first kappa shape index (κ1) is 14.4. The molecule has 0 aromatic heterocycles. The normalized spacial score (nSPS) is 19.9. The summed E-state index contributed by atoms with van der Waals surface area (Å²) in [6, 6.07) is 5.05. The summed E-state index contributed by atoms with van der Waals surface area (Å²) in [5.74, 6) is -0.794. The third kappa shape index (κ3) is 2.93. The zero-order chi connectivity index (χ0) is 14.9. The van der Waals surface area contributed by atoms with Crippen LogP contribution in [0.4, 0.5) is 0 Å². The molecular weight excluding hydrogens is 256 g/mol. The van der Waals surface area contributed by atoms with Crippen LogP contribution in [0.25, 0.3) is 0 Å². The van der Waals surface area contributed by atoms with Gasteiger partial charge in [0, 0.05) is 5.56 Å². The molecule has 0 radical (unpaired) electrons. The molecule has 2 amide bonds. The number of amides is 2. The van der Waals surface area contributed by atoms with E-state index in [0.29, 0.717) is 5.56 Å². The van der Waals surface area contributed by atoms with Crippen molar-refractivity contribution in [3.8, 4) is 0 Å². The molecule has 1 fully saturated rings. The van der Waals surface area contributed by atoms with Crippen LogP contribution in [0.5, 0.6) is 0 Å². The molecular formula is C15H18N2O3. The molecule has 1 unspecified atom stereocenters. The average Bonchev–Trinajstić information content (AvgIpc) is 2.38. The molecule has 2 rings (SSSR count). The van der Waals surface area contributed by atoms with Crippen LogP contribution in [-0.2, 0) is 9.59 Å². The topological polar surface area (TPSA) is 66.5 Å². The van der Waals surface area contributed by atoms with Gasteiger partial charge in [0.1, 0.15) is 0 Å². The monoisotopic (exact) mass is 274 g/mol. The lowest BCUT2D eigenvalue weighted by Gasteiger charge is -2.30. The van der Waals surface area contributed by atoms with Crippen LogP contribution in [0.3, 0.4) is 0 Å². The summed E-state index contributed by atoms with van der Waals surface area (Å²) >= 11 is 0. The van der Waals surface area contributed by atoms with E-state index >= 15 is 0 Å². The van der Waals surface area contributed by atoms with Crippen LogP contribution >= 0.6 is 0 Å². The number of nitrogens with zero attached hydrogens (tertiary/aromatic N) is 1. The number of rotatable bonds is 3. The summed E-state index contributed by atoms with van der Waals surface area (Å²) in [6.45, 7) is 5.77. The second-order valence-electron chi connectivity index (χ2n) is 5.22. The minimum Gasteiger partial charge on any atom is -0.294 e. The first-order chi connectivity index (χ1) is 9.38. The van der Waals surface area contributed by atoms with Gasteiger partial charge in [-0.1, -0.05) is 12.1 Å². The Bertz CT molecular complexity index is 580. The first-order valence-corrected chi connectivity index (χ1v) is 6.56. The second kappa shape index (κ2) is 5.54. The van der Waals surface area contributed by atoms with Gasteiger partial charge in [0.25, 0.3) is 0 Å². The highest BCUT2D eigenvalue weighted by molar-refractivity contribution is 6.03. The fourth-order valence-electron chi connectivity index (χ4n) is 2.15. The van der Waals surface area contributed by atoms with Crippen molar-refractivity contribution in [3.63, 3.8) is 0 Å². The van der Waals surface area contributed by atoms with E-state index in [0.717, 1.165) is 11.1 Å². The predicted octanol–water partition coefficient (Wildman–Crippen LogP) is 0.833. The Balaban J connectivity index is 2.12. The summed E-state index contributed by atoms with van der Waals surface area (Å²) in [5, 5.41) is 2.26. The molecule has 20 heavy (non-hydrogen) atoms. The Hall–Kier alpha value is -2.01. The maximum Gasteiger partial charge on any atom is 0.243 e. The summed E-state index contributed by atoms with van der Waals surface area (Å²) < 4.78 is 0. The van der Waals surface area contributed by atoms with Crippen LogP contribution in [0.15, 0.2) is 18.2 Å². The van der Waals surface area contributed by atoms with Gasteiger partial charge in [0.05, 0.1) is 19.1 Å². The van der Waals surface area contributed by atoms with Crippen LogP contribution in [0.1, 0.15) is 28.4 Å². The largest absolute Gasteiger partial charge is 0.294 e. The first-order valence-electron chi connectivity index (χ1n) is 6.56. The third-order valence-corrected chi connectivity index (χ3v) is 3.71. The Labute approximate surface area is 118 Å². The molecule has 1 N–H and O–H groups in total. The highest BCUT2D eigenvalue weighted by Gasteiger charge is 2.31. The van der Waals surface area contributed by atoms with E-state index < -0.39 is 6.04 Å². The molecule has 1 aliphatic rings. The number of Topliss-reactive ketones (excluding diaryl/α,β-unsaturated/α-hetero) is 1. The predicted molar refractivity (Wildman–Crippen MR) is 74.4 cm³/mol. The zero-order valence-corrected chi connectivity index (χ0v) is 11.9.